The van der Waals surface area contributed by atoms with E-state index in [0.29, 0.717) is 29.0 Å². The summed E-state index contributed by atoms with van der Waals surface area (Å²) in [6.07, 6.45) is 0.481. The van der Waals surface area contributed by atoms with Crippen molar-refractivity contribution in [2.24, 2.45) is 10.2 Å². The molecule has 0 fully saturated rings. The van der Waals surface area contributed by atoms with E-state index in [0.717, 1.165) is 16.7 Å². The minimum atomic E-state index is -1.05. The van der Waals surface area contributed by atoms with Gasteiger partial charge in [-0.15, -0.1) is 5.10 Å². The number of hydrogen-bond acceptors (Lipinski definition) is 4. The third kappa shape index (κ3) is 2.06. The second-order valence-corrected chi connectivity index (χ2v) is 6.45. The Morgan fingerprint density at radius 1 is 0.957 bits per heavy atom. The van der Waals surface area contributed by atoms with Crippen molar-refractivity contribution in [3.63, 3.8) is 0 Å². The molecule has 4 heteroatoms. The van der Waals surface area contributed by atoms with E-state index in [-0.39, 0.29) is 5.78 Å². The molecule has 0 spiro atoms. The maximum Gasteiger partial charge on any atom is 0.194 e. The van der Waals surface area contributed by atoms with E-state index < -0.39 is 5.60 Å². The molecule has 0 saturated carbocycles. The van der Waals surface area contributed by atoms with Crippen molar-refractivity contribution in [2.45, 2.75) is 25.9 Å². The molecule has 1 N–H and O–H groups in total. The molecule has 1 aliphatic heterocycles. The SMILES string of the molecule is CC(C)(O)C1=NN=C2c3ccccc3C(=O)c3cccc(c32)C1. The summed E-state index contributed by atoms with van der Waals surface area (Å²) in [4.78, 5) is 12.8. The first-order valence-electron chi connectivity index (χ1n) is 7.60. The number of hydrogen-bond donors (Lipinski definition) is 1. The summed E-state index contributed by atoms with van der Waals surface area (Å²) >= 11 is 0. The van der Waals surface area contributed by atoms with Crippen molar-refractivity contribution in [1.29, 1.82) is 0 Å². The van der Waals surface area contributed by atoms with E-state index >= 15 is 0 Å². The molecule has 0 atom stereocenters. The van der Waals surface area contributed by atoms with Gasteiger partial charge < -0.3 is 5.11 Å². The fraction of sp³-hybridized carbons (Fsp3) is 0.211. The highest BCUT2D eigenvalue weighted by Gasteiger charge is 2.33. The van der Waals surface area contributed by atoms with Gasteiger partial charge in [-0.1, -0.05) is 42.5 Å². The number of ketones is 1. The predicted octanol–water partition coefficient (Wildman–Crippen LogP) is 2.75. The van der Waals surface area contributed by atoms with Gasteiger partial charge >= 0.3 is 0 Å². The maximum absolute atomic E-state index is 12.8. The zero-order valence-corrected chi connectivity index (χ0v) is 13.0. The third-order valence-corrected chi connectivity index (χ3v) is 4.39. The molecule has 0 saturated heterocycles. The number of carbonyl (C=O) groups excluding carboxylic acids is 1. The molecule has 0 unspecified atom stereocenters. The van der Waals surface area contributed by atoms with Crippen LogP contribution in [0.3, 0.4) is 0 Å². The molecule has 0 bridgehead atoms. The number of nitrogens with zero attached hydrogens (tertiary/aromatic N) is 2. The van der Waals surface area contributed by atoms with Gasteiger partial charge in [-0.2, -0.15) is 5.10 Å². The average molecular weight is 304 g/mol. The first-order valence-corrected chi connectivity index (χ1v) is 7.60. The van der Waals surface area contributed by atoms with Crippen molar-refractivity contribution >= 4 is 17.2 Å². The zero-order valence-electron chi connectivity index (χ0n) is 13.0. The van der Waals surface area contributed by atoms with E-state index in [2.05, 4.69) is 10.2 Å². The van der Waals surface area contributed by atoms with Gasteiger partial charge in [0.1, 0.15) is 5.71 Å². The van der Waals surface area contributed by atoms with Gasteiger partial charge in [0.05, 0.1) is 11.3 Å². The lowest BCUT2D eigenvalue weighted by Crippen LogP contribution is -2.32. The Labute approximate surface area is 134 Å². The van der Waals surface area contributed by atoms with Gasteiger partial charge in [0.25, 0.3) is 0 Å². The van der Waals surface area contributed by atoms with Crippen LogP contribution in [0.5, 0.6) is 0 Å². The smallest absolute Gasteiger partial charge is 0.194 e. The summed E-state index contributed by atoms with van der Waals surface area (Å²) in [7, 11) is 0. The number of rotatable bonds is 1. The number of fused-ring (bicyclic) bond motifs is 2. The van der Waals surface area contributed by atoms with Crippen LogP contribution in [0.25, 0.3) is 0 Å². The monoisotopic (exact) mass is 304 g/mol. The van der Waals surface area contributed by atoms with Gasteiger partial charge in [-0.25, -0.2) is 0 Å². The lowest BCUT2D eigenvalue weighted by atomic mass is 9.80. The van der Waals surface area contributed by atoms with Gasteiger partial charge in [-0.3, -0.25) is 4.79 Å². The van der Waals surface area contributed by atoms with Crippen molar-refractivity contribution in [3.8, 4) is 0 Å². The Balaban J connectivity index is 2.04. The number of carbonyl (C=O) groups is 1. The average Bonchev–Trinajstić information content (AvgIpc) is 2.73. The van der Waals surface area contributed by atoms with E-state index in [9.17, 15) is 9.90 Å². The van der Waals surface area contributed by atoms with Crippen LogP contribution < -0.4 is 0 Å². The normalized spacial score (nSPS) is 16.0. The molecule has 1 heterocycles. The Kier molecular flexibility index (Phi) is 2.87. The van der Waals surface area contributed by atoms with E-state index in [1.807, 2.05) is 42.5 Å². The highest BCUT2D eigenvalue weighted by atomic mass is 16.3. The van der Waals surface area contributed by atoms with Gasteiger partial charge in [0, 0.05) is 28.7 Å². The van der Waals surface area contributed by atoms with Crippen LogP contribution in [0.4, 0.5) is 0 Å². The molecular formula is C19H16N2O2. The van der Waals surface area contributed by atoms with Gasteiger partial charge in [0.2, 0.25) is 0 Å². The Hall–Kier alpha value is -2.59. The molecule has 2 aliphatic rings. The maximum atomic E-state index is 12.8. The predicted molar refractivity (Wildman–Crippen MR) is 89.4 cm³/mol. The Morgan fingerprint density at radius 3 is 2.39 bits per heavy atom. The Morgan fingerprint density at radius 2 is 1.65 bits per heavy atom. The third-order valence-electron chi connectivity index (χ3n) is 4.39. The topological polar surface area (TPSA) is 62.0 Å². The highest BCUT2D eigenvalue weighted by molar-refractivity contribution is 6.31. The van der Waals surface area contributed by atoms with Crippen LogP contribution in [0.15, 0.2) is 52.7 Å². The minimum Gasteiger partial charge on any atom is -0.384 e. The summed E-state index contributed by atoms with van der Waals surface area (Å²) in [5, 5.41) is 19.0. The van der Waals surface area contributed by atoms with Crippen LogP contribution in [0.1, 0.15) is 46.5 Å². The molecule has 4 rings (SSSR count). The summed E-state index contributed by atoms with van der Waals surface area (Å²) in [6, 6.07) is 13.2. The van der Waals surface area contributed by atoms with Crippen LogP contribution >= 0.6 is 0 Å². The first kappa shape index (κ1) is 14.0. The fourth-order valence-electron chi connectivity index (χ4n) is 3.15. The van der Waals surface area contributed by atoms with Crippen LogP contribution in [0.2, 0.25) is 0 Å². The molecular weight excluding hydrogens is 288 g/mol. The second kappa shape index (κ2) is 4.70. The number of benzene rings is 2. The van der Waals surface area contributed by atoms with E-state index in [4.69, 9.17) is 0 Å². The molecule has 2 aromatic carbocycles. The second-order valence-electron chi connectivity index (χ2n) is 6.45. The van der Waals surface area contributed by atoms with E-state index in [1.54, 1.807) is 13.8 Å². The van der Waals surface area contributed by atoms with Crippen LogP contribution in [-0.2, 0) is 6.42 Å². The summed E-state index contributed by atoms with van der Waals surface area (Å²) in [5.41, 5.74) is 4.19. The van der Waals surface area contributed by atoms with Crippen molar-refractivity contribution < 1.29 is 9.90 Å². The van der Waals surface area contributed by atoms with Crippen molar-refractivity contribution in [3.05, 3.63) is 70.3 Å². The van der Waals surface area contributed by atoms with Crippen LogP contribution in [-0.4, -0.2) is 27.9 Å². The summed E-state index contributed by atoms with van der Waals surface area (Å²) in [5.74, 6) is 0.0168. The lowest BCUT2D eigenvalue weighted by Gasteiger charge is -2.22. The van der Waals surface area contributed by atoms with Crippen LogP contribution in [0, 0.1) is 0 Å². The zero-order chi connectivity index (χ0) is 16.2. The standard InChI is InChI=1S/C19H16N2O2/c1-19(2,23)15-10-11-6-5-9-14-16(11)17(21-20-15)12-7-3-4-8-13(12)18(14)22/h3-9,23H,10H2,1-2H3. The molecule has 23 heavy (non-hydrogen) atoms. The molecule has 2 aromatic rings. The molecule has 1 aliphatic carbocycles. The van der Waals surface area contributed by atoms with Crippen molar-refractivity contribution in [2.75, 3.05) is 0 Å². The first-order chi connectivity index (χ1) is 11.0. The quantitative estimate of drug-likeness (QED) is 0.751. The van der Waals surface area contributed by atoms with Gasteiger partial charge in [0.15, 0.2) is 5.78 Å². The summed E-state index contributed by atoms with van der Waals surface area (Å²) in [6.45, 7) is 3.41. The highest BCUT2D eigenvalue weighted by Crippen LogP contribution is 2.32. The molecule has 0 aromatic heterocycles. The largest absolute Gasteiger partial charge is 0.384 e. The number of aliphatic hydroxyl groups is 1. The minimum absolute atomic E-state index is 0.0168. The summed E-state index contributed by atoms with van der Waals surface area (Å²) < 4.78 is 0. The van der Waals surface area contributed by atoms with E-state index in [1.165, 1.54) is 0 Å². The Bertz CT molecular complexity index is 902. The molecule has 0 amide bonds. The lowest BCUT2D eigenvalue weighted by molar-refractivity contribution is 0.103. The van der Waals surface area contributed by atoms with Gasteiger partial charge in [-0.05, 0) is 19.4 Å². The molecule has 0 radical (unpaired) electrons. The van der Waals surface area contributed by atoms with Crippen molar-refractivity contribution in [1.82, 2.24) is 0 Å². The molecule has 4 nitrogen and oxygen atoms in total. The molecule has 114 valence electrons. The fourth-order valence-corrected chi connectivity index (χ4v) is 3.15.